The molecule has 0 amide bonds. The molecule has 1 saturated heterocycles. The van der Waals surface area contributed by atoms with Gasteiger partial charge in [0, 0.05) is 10.9 Å². The summed E-state index contributed by atoms with van der Waals surface area (Å²) < 4.78 is 18.5. The monoisotopic (exact) mass is 296 g/mol. The highest BCUT2D eigenvalue weighted by atomic mass is 19.1. The second kappa shape index (κ2) is 5.15. The molecule has 0 bridgehead atoms. The van der Waals surface area contributed by atoms with Crippen molar-refractivity contribution < 1.29 is 24.4 Å². The molecule has 0 saturated carbocycles. The number of hydrogen-bond donors (Lipinski definition) is 4. The Kier molecular flexibility index (Phi) is 3.46. The molecule has 0 spiro atoms. The summed E-state index contributed by atoms with van der Waals surface area (Å²) in [6.07, 6.45) is -3.77. The SMILES string of the molecule is O=c1[nH]c2ncc(F)cc2cc1[C@@H]1O[C@H](CO)C(O)C1O. The predicted octanol–water partition coefficient (Wildman–Crippen LogP) is -0.784. The fraction of sp³-hybridized carbons (Fsp3) is 0.385. The van der Waals surface area contributed by atoms with Gasteiger partial charge in [0.15, 0.2) is 0 Å². The van der Waals surface area contributed by atoms with Gasteiger partial charge in [-0.05, 0) is 12.1 Å². The lowest BCUT2D eigenvalue weighted by Gasteiger charge is -2.14. The Hall–Kier alpha value is -1.87. The molecule has 4 N–H and O–H groups in total. The van der Waals surface area contributed by atoms with Crippen molar-refractivity contribution in [1.29, 1.82) is 0 Å². The van der Waals surface area contributed by atoms with Crippen LogP contribution in [0.15, 0.2) is 23.1 Å². The standard InChI is InChI=1S/C13H13FN2O5/c14-6-1-5-2-7(13(20)16-12(5)15-3-6)11-10(19)9(18)8(4-17)21-11/h1-3,8-11,17-19H,4H2,(H,15,16,20)/t8-,9?,10?,11+/m1/s1. The highest BCUT2D eigenvalue weighted by Crippen LogP contribution is 2.32. The highest BCUT2D eigenvalue weighted by Gasteiger charge is 2.44. The van der Waals surface area contributed by atoms with Crippen molar-refractivity contribution in [3.8, 4) is 0 Å². The summed E-state index contributed by atoms with van der Waals surface area (Å²) in [6.45, 7) is -0.490. The van der Waals surface area contributed by atoms with Crippen molar-refractivity contribution in [2.45, 2.75) is 24.4 Å². The molecule has 2 aromatic heterocycles. The lowest BCUT2D eigenvalue weighted by molar-refractivity contribution is -0.0231. The Morgan fingerprint density at radius 2 is 2.10 bits per heavy atom. The molecule has 21 heavy (non-hydrogen) atoms. The molecular weight excluding hydrogens is 283 g/mol. The number of nitrogens with one attached hydrogen (secondary N) is 1. The lowest BCUT2D eigenvalue weighted by atomic mass is 10.0. The molecule has 8 heteroatoms. The second-order valence-corrected chi connectivity index (χ2v) is 4.90. The first-order chi connectivity index (χ1) is 10.0. The summed E-state index contributed by atoms with van der Waals surface area (Å²) in [5, 5.41) is 29.0. The van der Waals surface area contributed by atoms with Gasteiger partial charge < -0.3 is 25.0 Å². The van der Waals surface area contributed by atoms with E-state index >= 15 is 0 Å². The van der Waals surface area contributed by atoms with Gasteiger partial charge in [0.25, 0.3) is 5.56 Å². The number of aromatic nitrogens is 2. The number of halogens is 1. The molecular formula is C13H13FN2O5. The van der Waals surface area contributed by atoms with Gasteiger partial charge in [-0.1, -0.05) is 0 Å². The minimum atomic E-state index is -1.36. The normalized spacial score (nSPS) is 29.1. The summed E-state index contributed by atoms with van der Waals surface area (Å²) in [6, 6.07) is 2.54. The Labute approximate surface area is 117 Å². The average Bonchev–Trinajstić information content (AvgIpc) is 2.75. The van der Waals surface area contributed by atoms with Gasteiger partial charge in [-0.2, -0.15) is 0 Å². The van der Waals surface area contributed by atoms with Crippen molar-refractivity contribution in [1.82, 2.24) is 9.97 Å². The van der Waals surface area contributed by atoms with Gasteiger partial charge in [-0.25, -0.2) is 9.37 Å². The molecule has 0 aromatic carbocycles. The quantitative estimate of drug-likeness (QED) is 0.577. The Morgan fingerprint density at radius 3 is 2.76 bits per heavy atom. The molecule has 3 heterocycles. The van der Waals surface area contributed by atoms with Crippen molar-refractivity contribution in [3.63, 3.8) is 0 Å². The molecule has 112 valence electrons. The number of aliphatic hydroxyl groups is 3. The molecule has 2 unspecified atom stereocenters. The Bertz CT molecular complexity index is 734. The van der Waals surface area contributed by atoms with E-state index in [1.165, 1.54) is 12.1 Å². The number of pyridine rings is 2. The van der Waals surface area contributed by atoms with Gasteiger partial charge in [0.05, 0.1) is 12.8 Å². The third-order valence-electron chi connectivity index (χ3n) is 3.54. The fourth-order valence-corrected chi connectivity index (χ4v) is 2.45. The van der Waals surface area contributed by atoms with Crippen LogP contribution in [-0.2, 0) is 4.74 Å². The van der Waals surface area contributed by atoms with E-state index in [1.807, 2.05) is 0 Å². The van der Waals surface area contributed by atoms with E-state index in [4.69, 9.17) is 9.84 Å². The summed E-state index contributed by atoms with van der Waals surface area (Å²) in [7, 11) is 0. The summed E-state index contributed by atoms with van der Waals surface area (Å²) >= 11 is 0. The van der Waals surface area contributed by atoms with Gasteiger partial charge in [-0.15, -0.1) is 0 Å². The number of rotatable bonds is 2. The number of nitrogens with zero attached hydrogens (tertiary/aromatic N) is 1. The van der Waals surface area contributed by atoms with E-state index < -0.39 is 42.4 Å². The van der Waals surface area contributed by atoms with Crippen LogP contribution < -0.4 is 5.56 Å². The third kappa shape index (κ3) is 2.32. The summed E-state index contributed by atoms with van der Waals surface area (Å²) in [5.74, 6) is -0.568. The van der Waals surface area contributed by atoms with E-state index in [0.717, 1.165) is 6.20 Å². The van der Waals surface area contributed by atoms with Crippen LogP contribution in [-0.4, -0.2) is 50.2 Å². The smallest absolute Gasteiger partial charge is 0.255 e. The number of aliphatic hydroxyl groups excluding tert-OH is 3. The Balaban J connectivity index is 2.08. The minimum Gasteiger partial charge on any atom is -0.394 e. The zero-order valence-corrected chi connectivity index (χ0v) is 10.7. The van der Waals surface area contributed by atoms with E-state index in [0.29, 0.717) is 5.39 Å². The number of H-pyrrole nitrogens is 1. The van der Waals surface area contributed by atoms with E-state index in [2.05, 4.69) is 9.97 Å². The number of fused-ring (bicyclic) bond motifs is 1. The zero-order chi connectivity index (χ0) is 15.1. The fourth-order valence-electron chi connectivity index (χ4n) is 2.45. The van der Waals surface area contributed by atoms with Crippen LogP contribution in [0.25, 0.3) is 11.0 Å². The maximum Gasteiger partial charge on any atom is 0.255 e. The van der Waals surface area contributed by atoms with Crippen LogP contribution in [0, 0.1) is 5.82 Å². The second-order valence-electron chi connectivity index (χ2n) is 4.90. The summed E-state index contributed by atoms with van der Waals surface area (Å²) in [5.41, 5.74) is -0.314. The first kappa shape index (κ1) is 14.1. The molecule has 2 aromatic rings. The lowest BCUT2D eigenvalue weighted by Crippen LogP contribution is -2.33. The molecule has 0 aliphatic carbocycles. The Morgan fingerprint density at radius 1 is 1.33 bits per heavy atom. The van der Waals surface area contributed by atoms with Crippen LogP contribution in [0.3, 0.4) is 0 Å². The van der Waals surface area contributed by atoms with Crippen molar-refractivity contribution in [3.05, 3.63) is 40.1 Å². The van der Waals surface area contributed by atoms with E-state index in [1.54, 1.807) is 0 Å². The van der Waals surface area contributed by atoms with E-state index in [-0.39, 0.29) is 11.2 Å². The van der Waals surface area contributed by atoms with Crippen LogP contribution >= 0.6 is 0 Å². The van der Waals surface area contributed by atoms with Gasteiger partial charge in [-0.3, -0.25) is 4.79 Å². The van der Waals surface area contributed by atoms with Crippen molar-refractivity contribution in [2.75, 3.05) is 6.61 Å². The van der Waals surface area contributed by atoms with Crippen LogP contribution in [0.5, 0.6) is 0 Å². The first-order valence-corrected chi connectivity index (χ1v) is 6.32. The van der Waals surface area contributed by atoms with Crippen molar-refractivity contribution in [2.24, 2.45) is 0 Å². The minimum absolute atomic E-state index is 0.0393. The molecule has 0 radical (unpaired) electrons. The third-order valence-corrected chi connectivity index (χ3v) is 3.54. The van der Waals surface area contributed by atoms with Crippen molar-refractivity contribution >= 4 is 11.0 Å². The van der Waals surface area contributed by atoms with Crippen LogP contribution in [0.2, 0.25) is 0 Å². The molecule has 1 fully saturated rings. The molecule has 1 aliphatic rings. The van der Waals surface area contributed by atoms with Gasteiger partial charge in [0.2, 0.25) is 0 Å². The van der Waals surface area contributed by atoms with Crippen LogP contribution in [0.4, 0.5) is 4.39 Å². The van der Waals surface area contributed by atoms with Gasteiger partial charge >= 0.3 is 0 Å². The van der Waals surface area contributed by atoms with E-state index in [9.17, 15) is 19.4 Å². The molecule has 3 rings (SSSR count). The zero-order valence-electron chi connectivity index (χ0n) is 10.7. The largest absolute Gasteiger partial charge is 0.394 e. The highest BCUT2D eigenvalue weighted by molar-refractivity contribution is 5.74. The van der Waals surface area contributed by atoms with Crippen LogP contribution in [0.1, 0.15) is 11.7 Å². The topological polar surface area (TPSA) is 116 Å². The maximum atomic E-state index is 13.2. The maximum absolute atomic E-state index is 13.2. The van der Waals surface area contributed by atoms with Gasteiger partial charge in [0.1, 0.15) is 35.9 Å². The molecule has 1 aliphatic heterocycles. The first-order valence-electron chi connectivity index (χ1n) is 6.32. The molecule has 4 atom stereocenters. The number of ether oxygens (including phenoxy) is 1. The number of aromatic amines is 1. The number of hydrogen-bond acceptors (Lipinski definition) is 6. The summed E-state index contributed by atoms with van der Waals surface area (Å²) in [4.78, 5) is 18.2. The molecule has 7 nitrogen and oxygen atoms in total. The average molecular weight is 296 g/mol. The predicted molar refractivity (Wildman–Crippen MR) is 69.0 cm³/mol.